The van der Waals surface area contributed by atoms with Gasteiger partial charge in [0.2, 0.25) is 0 Å². The van der Waals surface area contributed by atoms with Gasteiger partial charge in [0, 0.05) is 55.2 Å². The number of pyridine rings is 2. The number of aromatic amines is 1. The van der Waals surface area contributed by atoms with Crippen molar-refractivity contribution < 1.29 is 0 Å². The van der Waals surface area contributed by atoms with Crippen molar-refractivity contribution in [3.63, 3.8) is 0 Å². The zero-order valence-electron chi connectivity index (χ0n) is 26.1. The van der Waals surface area contributed by atoms with Gasteiger partial charge < -0.3 is 21.7 Å². The molecule has 1 saturated heterocycles. The zero-order chi connectivity index (χ0) is 31.6. The normalized spacial score (nSPS) is 14.5. The summed E-state index contributed by atoms with van der Waals surface area (Å²) in [4.78, 5) is 27.2. The maximum atomic E-state index is 5.55. The van der Waals surface area contributed by atoms with Crippen molar-refractivity contribution in [1.82, 2.24) is 45.4 Å². The summed E-state index contributed by atoms with van der Waals surface area (Å²) in [5.74, 6) is 2.19. The number of aryl methyl sites for hydroxylation is 1. The first-order chi connectivity index (χ1) is 22.7. The fourth-order valence-electron chi connectivity index (χ4n) is 5.42. The van der Waals surface area contributed by atoms with E-state index in [9.17, 15) is 0 Å². The number of piperidine rings is 1. The molecule has 6 heterocycles. The second-order valence-corrected chi connectivity index (χ2v) is 11.4. The summed E-state index contributed by atoms with van der Waals surface area (Å²) in [6.07, 6.45) is 14.9. The van der Waals surface area contributed by atoms with Crippen LogP contribution in [0.1, 0.15) is 31.2 Å². The third kappa shape index (κ3) is 7.76. The molecule has 7 rings (SSSR count). The maximum absolute atomic E-state index is 5.55. The van der Waals surface area contributed by atoms with E-state index >= 15 is 0 Å². The van der Waals surface area contributed by atoms with Gasteiger partial charge in [-0.2, -0.15) is 5.10 Å². The molecule has 5 aromatic heterocycles. The Labute approximate surface area is 268 Å². The Balaban J connectivity index is 0.000000162. The lowest BCUT2D eigenvalue weighted by Gasteiger charge is -2.23. The second kappa shape index (κ2) is 15.3. The molecule has 0 saturated carbocycles. The first kappa shape index (κ1) is 30.9. The monoisotopic (exact) mass is 616 g/mol. The number of H-pyrrole nitrogens is 1. The molecular weight excluding hydrogens is 576 g/mol. The number of fused-ring (bicyclic) bond motifs is 2. The third-order valence-corrected chi connectivity index (χ3v) is 7.93. The van der Waals surface area contributed by atoms with Gasteiger partial charge in [-0.1, -0.05) is 29.8 Å². The molecule has 236 valence electrons. The summed E-state index contributed by atoms with van der Waals surface area (Å²) in [7, 11) is 0. The molecule has 1 fully saturated rings. The molecule has 0 aliphatic carbocycles. The van der Waals surface area contributed by atoms with E-state index in [0.717, 1.165) is 95.2 Å². The van der Waals surface area contributed by atoms with Gasteiger partial charge in [0.15, 0.2) is 11.6 Å². The highest BCUT2D eigenvalue weighted by molar-refractivity contribution is 5.89. The zero-order valence-corrected chi connectivity index (χ0v) is 26.1. The Morgan fingerprint density at radius 2 is 1.50 bits per heavy atom. The van der Waals surface area contributed by atoms with Crippen LogP contribution in [-0.2, 0) is 0 Å². The van der Waals surface area contributed by atoms with E-state index < -0.39 is 0 Å². The van der Waals surface area contributed by atoms with E-state index in [2.05, 4.69) is 77.3 Å². The average Bonchev–Trinajstić information content (AvgIpc) is 3.65. The molecule has 0 spiro atoms. The predicted octanol–water partition coefficient (Wildman–Crippen LogP) is 4.98. The number of nitrogens with two attached hydrogens (primary N) is 1. The van der Waals surface area contributed by atoms with Crippen molar-refractivity contribution >= 4 is 33.7 Å². The first-order valence-corrected chi connectivity index (χ1v) is 15.9. The maximum Gasteiger partial charge on any atom is 0.154 e. The van der Waals surface area contributed by atoms with Gasteiger partial charge in [-0.25, -0.2) is 19.9 Å². The minimum atomic E-state index is 0.620. The van der Waals surface area contributed by atoms with Gasteiger partial charge in [-0.05, 0) is 70.3 Å². The van der Waals surface area contributed by atoms with Crippen LogP contribution in [0.15, 0.2) is 73.6 Å². The van der Waals surface area contributed by atoms with Crippen molar-refractivity contribution in [3.05, 3.63) is 79.1 Å². The molecule has 1 atom stereocenters. The van der Waals surface area contributed by atoms with Gasteiger partial charge in [-0.3, -0.25) is 15.1 Å². The van der Waals surface area contributed by atoms with Crippen LogP contribution in [0.4, 0.5) is 11.6 Å². The van der Waals surface area contributed by atoms with E-state index in [1.54, 1.807) is 31.0 Å². The van der Waals surface area contributed by atoms with Crippen molar-refractivity contribution in [2.24, 2.45) is 11.7 Å². The molecule has 1 aliphatic rings. The smallest absolute Gasteiger partial charge is 0.154 e. The van der Waals surface area contributed by atoms with Crippen LogP contribution in [0, 0.1) is 12.8 Å². The lowest BCUT2D eigenvalue weighted by atomic mass is 10.00. The number of hydrogen-bond acceptors (Lipinski definition) is 11. The number of hydrogen-bond donors (Lipinski definition) is 5. The van der Waals surface area contributed by atoms with Crippen molar-refractivity contribution in [2.75, 3.05) is 43.4 Å². The number of aromatic nitrogens is 8. The molecule has 0 bridgehead atoms. The number of rotatable bonds is 10. The van der Waals surface area contributed by atoms with Gasteiger partial charge in [-0.15, -0.1) is 0 Å². The quantitative estimate of drug-likeness (QED) is 0.132. The minimum Gasteiger partial charge on any atom is -0.368 e. The van der Waals surface area contributed by atoms with Crippen LogP contribution in [0.3, 0.4) is 0 Å². The lowest BCUT2D eigenvalue weighted by molar-refractivity contribution is 0.392. The Morgan fingerprint density at radius 1 is 0.826 bits per heavy atom. The Bertz CT molecular complexity index is 1830. The largest absolute Gasteiger partial charge is 0.368 e. The summed E-state index contributed by atoms with van der Waals surface area (Å²) in [6.45, 7) is 6.68. The van der Waals surface area contributed by atoms with Crippen molar-refractivity contribution in [1.29, 1.82) is 0 Å². The molecule has 6 N–H and O–H groups in total. The topological polar surface area (TPSA) is 168 Å². The van der Waals surface area contributed by atoms with Crippen LogP contribution in [-0.4, -0.2) is 72.8 Å². The number of unbranched alkanes of at least 4 members (excludes halogenated alkanes) is 1. The molecule has 1 aliphatic heterocycles. The predicted molar refractivity (Wildman–Crippen MR) is 183 cm³/mol. The Kier molecular flexibility index (Phi) is 10.3. The average molecular weight is 617 g/mol. The number of nitrogens with one attached hydrogen (secondary N) is 4. The molecule has 6 aromatic rings. The summed E-state index contributed by atoms with van der Waals surface area (Å²) < 4.78 is 0. The van der Waals surface area contributed by atoms with E-state index in [-0.39, 0.29) is 0 Å². The highest BCUT2D eigenvalue weighted by atomic mass is 15.1. The summed E-state index contributed by atoms with van der Waals surface area (Å²) in [5.41, 5.74) is 13.8. The Morgan fingerprint density at radius 3 is 2.13 bits per heavy atom. The molecule has 1 aromatic carbocycles. The molecule has 12 heteroatoms. The highest BCUT2D eigenvalue weighted by Gasteiger charge is 2.15. The minimum absolute atomic E-state index is 0.620. The van der Waals surface area contributed by atoms with Crippen LogP contribution in [0.25, 0.3) is 44.6 Å². The molecule has 0 unspecified atom stereocenters. The van der Waals surface area contributed by atoms with E-state index in [1.165, 1.54) is 18.4 Å². The van der Waals surface area contributed by atoms with Gasteiger partial charge in [0.25, 0.3) is 0 Å². The van der Waals surface area contributed by atoms with E-state index in [0.29, 0.717) is 12.5 Å². The second-order valence-electron chi connectivity index (χ2n) is 11.4. The fourth-order valence-corrected chi connectivity index (χ4v) is 5.42. The summed E-state index contributed by atoms with van der Waals surface area (Å²) in [5, 5.41) is 17.1. The molecule has 0 amide bonds. The standard InChI is InChI=1S/C18H21N5.C16H19N7/c1-13-4-6-14(7-5-13)15-12-16-17(21-11-10-20-16)18(23-15)22-9-3-2-8-19;1-2-11(7-17-3-1)8-20-16-15-14(18-4-5-19-15)6-13(23-16)12-9-21-22-10-12/h4-7,10-12H,2-3,8-9,19H2,1H3,(H,22,23);4-6,9-11,17H,1-3,7-8H2,(H,20,23)(H,21,22)/t;11-/m.0/s1. The molecule has 0 radical (unpaired) electrons. The fraction of sp³-hybridized carbons (Fsp3) is 0.324. The molecular formula is C34H40N12. The number of benzene rings is 1. The van der Waals surface area contributed by atoms with Crippen LogP contribution in [0.5, 0.6) is 0 Å². The van der Waals surface area contributed by atoms with E-state index in [4.69, 9.17) is 15.7 Å². The number of anilines is 2. The molecule has 12 nitrogen and oxygen atoms in total. The summed E-state index contributed by atoms with van der Waals surface area (Å²) in [6, 6.07) is 12.3. The van der Waals surface area contributed by atoms with Crippen LogP contribution >= 0.6 is 0 Å². The van der Waals surface area contributed by atoms with Gasteiger partial charge in [0.05, 0.1) is 28.6 Å². The number of nitrogens with zero attached hydrogens (tertiary/aromatic N) is 7. The van der Waals surface area contributed by atoms with Crippen LogP contribution < -0.4 is 21.7 Å². The van der Waals surface area contributed by atoms with Crippen molar-refractivity contribution in [2.45, 2.75) is 32.6 Å². The van der Waals surface area contributed by atoms with Crippen LogP contribution in [0.2, 0.25) is 0 Å². The SMILES string of the molecule is Cc1ccc(-c2cc3nccnc3c(NCCCCN)n2)cc1.c1cnc2c(NC[C@H]3CCCNC3)nc(-c3cn[nH]c3)cc2n1. The molecule has 46 heavy (non-hydrogen) atoms. The van der Waals surface area contributed by atoms with Gasteiger partial charge >= 0.3 is 0 Å². The van der Waals surface area contributed by atoms with Gasteiger partial charge in [0.1, 0.15) is 11.0 Å². The third-order valence-electron chi connectivity index (χ3n) is 7.93. The highest BCUT2D eigenvalue weighted by Crippen LogP contribution is 2.27. The van der Waals surface area contributed by atoms with E-state index in [1.807, 2.05) is 18.3 Å². The lowest BCUT2D eigenvalue weighted by Crippen LogP contribution is -2.33. The first-order valence-electron chi connectivity index (χ1n) is 15.9. The van der Waals surface area contributed by atoms with Crippen molar-refractivity contribution in [3.8, 4) is 22.5 Å². The summed E-state index contributed by atoms with van der Waals surface area (Å²) >= 11 is 0. The Hall–Kier alpha value is -5.07.